The molecule has 2 unspecified atom stereocenters. The van der Waals surface area contributed by atoms with Crippen LogP contribution in [0.4, 0.5) is 0 Å². The standard InChI is InChI=1S/C19H28O12/c1-7(21)31-19(2)4-9(22)11-8(16(26)27-3)6-28-17(12(11)19)30-18-15(25)14(24)13(23)10(5-20)29-18/h6,9-15,17-18,20,22-25H,4-5H2,1-3H3/t9-,10-,11+,12?,13-,14-,15-,17+,18+,19?/m1/s1. The van der Waals surface area contributed by atoms with E-state index in [0.717, 1.165) is 6.26 Å². The summed E-state index contributed by atoms with van der Waals surface area (Å²) in [4.78, 5) is 23.9. The molecule has 1 aliphatic carbocycles. The van der Waals surface area contributed by atoms with E-state index in [9.17, 15) is 35.1 Å². The Kier molecular flexibility index (Phi) is 6.91. The van der Waals surface area contributed by atoms with E-state index in [4.69, 9.17) is 23.7 Å². The monoisotopic (exact) mass is 448 g/mol. The van der Waals surface area contributed by atoms with E-state index in [1.54, 1.807) is 6.92 Å². The average Bonchev–Trinajstić information content (AvgIpc) is 2.98. The van der Waals surface area contributed by atoms with Gasteiger partial charge in [-0.25, -0.2) is 4.79 Å². The first-order chi connectivity index (χ1) is 14.5. The highest BCUT2D eigenvalue weighted by Gasteiger charge is 2.61. The van der Waals surface area contributed by atoms with E-state index in [1.165, 1.54) is 14.0 Å². The fraction of sp³-hybridized carbons (Fsp3) is 0.789. The van der Waals surface area contributed by atoms with Gasteiger partial charge in [-0.2, -0.15) is 0 Å². The maximum Gasteiger partial charge on any atom is 0.337 e. The molecular weight excluding hydrogens is 420 g/mol. The topological polar surface area (TPSA) is 181 Å². The van der Waals surface area contributed by atoms with Gasteiger partial charge in [-0.15, -0.1) is 0 Å². The van der Waals surface area contributed by atoms with E-state index in [-0.39, 0.29) is 12.0 Å². The van der Waals surface area contributed by atoms with Crippen molar-refractivity contribution in [3.63, 3.8) is 0 Å². The molecule has 2 heterocycles. The number of fused-ring (bicyclic) bond motifs is 1. The Hall–Kier alpha value is -1.80. The van der Waals surface area contributed by atoms with Crippen LogP contribution in [-0.4, -0.2) is 99.9 Å². The van der Waals surface area contributed by atoms with Crippen LogP contribution in [0, 0.1) is 11.8 Å². The molecule has 1 saturated heterocycles. The number of hydrogen-bond acceptors (Lipinski definition) is 12. The zero-order valence-electron chi connectivity index (χ0n) is 17.3. The second-order valence-electron chi connectivity index (χ2n) is 8.13. The van der Waals surface area contributed by atoms with Gasteiger partial charge in [-0.05, 0) is 6.92 Å². The van der Waals surface area contributed by atoms with E-state index in [0.29, 0.717) is 0 Å². The molecule has 3 aliphatic rings. The van der Waals surface area contributed by atoms with Gasteiger partial charge in [0.1, 0.15) is 30.0 Å². The van der Waals surface area contributed by atoms with Crippen LogP contribution >= 0.6 is 0 Å². The number of aliphatic hydroxyl groups is 5. The van der Waals surface area contributed by atoms with Crippen molar-refractivity contribution in [2.24, 2.45) is 11.8 Å². The largest absolute Gasteiger partial charge is 0.471 e. The quantitative estimate of drug-likeness (QED) is 0.280. The van der Waals surface area contributed by atoms with Gasteiger partial charge in [0.2, 0.25) is 6.29 Å². The third-order valence-electron chi connectivity index (χ3n) is 6.02. The highest BCUT2D eigenvalue weighted by Crippen LogP contribution is 2.51. The predicted molar refractivity (Wildman–Crippen MR) is 97.6 cm³/mol. The third-order valence-corrected chi connectivity index (χ3v) is 6.02. The number of carbonyl (C=O) groups is 2. The summed E-state index contributed by atoms with van der Waals surface area (Å²) < 4.78 is 26.8. The van der Waals surface area contributed by atoms with Gasteiger partial charge in [0.25, 0.3) is 0 Å². The Morgan fingerprint density at radius 3 is 2.42 bits per heavy atom. The number of rotatable bonds is 5. The lowest BCUT2D eigenvalue weighted by molar-refractivity contribution is -0.346. The Labute approximate surface area is 177 Å². The van der Waals surface area contributed by atoms with Gasteiger partial charge in [-0.1, -0.05) is 0 Å². The molecule has 176 valence electrons. The number of ether oxygens (including phenoxy) is 5. The summed E-state index contributed by atoms with van der Waals surface area (Å²) in [6.07, 6.45) is -9.07. The van der Waals surface area contributed by atoms with Crippen molar-refractivity contribution in [1.82, 2.24) is 0 Å². The number of aliphatic hydroxyl groups excluding tert-OH is 5. The maximum atomic E-state index is 12.2. The van der Waals surface area contributed by atoms with Crippen molar-refractivity contribution in [1.29, 1.82) is 0 Å². The molecule has 3 rings (SSSR count). The lowest BCUT2D eigenvalue weighted by Gasteiger charge is -2.44. The highest BCUT2D eigenvalue weighted by atomic mass is 16.8. The summed E-state index contributed by atoms with van der Waals surface area (Å²) >= 11 is 0. The number of esters is 2. The van der Waals surface area contributed by atoms with Crippen LogP contribution < -0.4 is 0 Å². The third kappa shape index (κ3) is 4.29. The molecule has 2 fully saturated rings. The van der Waals surface area contributed by atoms with Crippen LogP contribution in [-0.2, 0) is 33.3 Å². The Morgan fingerprint density at radius 1 is 1.16 bits per heavy atom. The lowest BCUT2D eigenvalue weighted by atomic mass is 9.80. The molecule has 12 heteroatoms. The molecule has 0 radical (unpaired) electrons. The van der Waals surface area contributed by atoms with Gasteiger partial charge < -0.3 is 49.2 Å². The Morgan fingerprint density at radius 2 is 1.84 bits per heavy atom. The van der Waals surface area contributed by atoms with E-state index < -0.39 is 79.1 Å². The number of methoxy groups -OCH3 is 1. The minimum atomic E-state index is -1.70. The fourth-order valence-electron chi connectivity index (χ4n) is 4.63. The van der Waals surface area contributed by atoms with Crippen molar-refractivity contribution in [2.75, 3.05) is 13.7 Å². The van der Waals surface area contributed by atoms with Crippen LogP contribution in [0.1, 0.15) is 20.3 Å². The molecule has 2 aliphatic heterocycles. The molecule has 0 aromatic carbocycles. The first-order valence-electron chi connectivity index (χ1n) is 9.81. The van der Waals surface area contributed by atoms with Gasteiger partial charge in [0, 0.05) is 19.3 Å². The van der Waals surface area contributed by atoms with Crippen molar-refractivity contribution in [3.05, 3.63) is 11.8 Å². The number of hydrogen-bond donors (Lipinski definition) is 5. The van der Waals surface area contributed by atoms with Crippen LogP contribution in [0.5, 0.6) is 0 Å². The van der Waals surface area contributed by atoms with Crippen LogP contribution in [0.2, 0.25) is 0 Å². The lowest BCUT2D eigenvalue weighted by Crippen LogP contribution is -2.61. The normalized spacial score (nSPS) is 44.6. The average molecular weight is 448 g/mol. The molecule has 0 bridgehead atoms. The Bertz CT molecular complexity index is 723. The highest BCUT2D eigenvalue weighted by molar-refractivity contribution is 5.89. The molecule has 0 aromatic heterocycles. The van der Waals surface area contributed by atoms with Gasteiger partial charge in [0.05, 0.1) is 37.6 Å². The smallest absolute Gasteiger partial charge is 0.337 e. The molecule has 0 amide bonds. The molecule has 0 aromatic rings. The minimum absolute atomic E-state index is 0.0181. The summed E-state index contributed by atoms with van der Waals surface area (Å²) in [5, 5.41) is 50.3. The van der Waals surface area contributed by atoms with Crippen molar-refractivity contribution < 1.29 is 58.8 Å². The molecule has 31 heavy (non-hydrogen) atoms. The summed E-state index contributed by atoms with van der Waals surface area (Å²) in [5.41, 5.74) is -1.30. The summed E-state index contributed by atoms with van der Waals surface area (Å²) in [6, 6.07) is 0. The van der Waals surface area contributed by atoms with Gasteiger partial charge >= 0.3 is 11.9 Å². The first-order valence-corrected chi connectivity index (χ1v) is 9.81. The van der Waals surface area contributed by atoms with E-state index >= 15 is 0 Å². The fourth-order valence-corrected chi connectivity index (χ4v) is 4.63. The maximum absolute atomic E-state index is 12.2. The minimum Gasteiger partial charge on any atom is -0.471 e. The van der Waals surface area contributed by atoms with E-state index in [1.807, 2.05) is 0 Å². The second-order valence-corrected chi connectivity index (χ2v) is 8.13. The summed E-state index contributed by atoms with van der Waals surface area (Å²) in [7, 11) is 1.17. The molecule has 1 saturated carbocycles. The van der Waals surface area contributed by atoms with Crippen molar-refractivity contribution in [3.8, 4) is 0 Å². The predicted octanol–water partition coefficient (Wildman–Crippen LogP) is -2.47. The first kappa shape index (κ1) is 23.9. The molecule has 12 nitrogen and oxygen atoms in total. The molecule has 0 spiro atoms. The number of carbonyl (C=O) groups excluding carboxylic acids is 2. The zero-order valence-corrected chi connectivity index (χ0v) is 17.3. The SMILES string of the molecule is COC(=O)C1=CO[C@@H](O[C@@H]2O[C@H](CO)[C@@H](O)[C@@H](O)[C@H]2O)C2[C@@H]1[C@H](O)CC2(C)OC(C)=O. The van der Waals surface area contributed by atoms with E-state index in [2.05, 4.69) is 0 Å². The van der Waals surface area contributed by atoms with Crippen molar-refractivity contribution in [2.45, 2.75) is 69.0 Å². The van der Waals surface area contributed by atoms with Crippen LogP contribution in [0.25, 0.3) is 0 Å². The van der Waals surface area contributed by atoms with Crippen LogP contribution in [0.3, 0.4) is 0 Å². The van der Waals surface area contributed by atoms with Crippen LogP contribution in [0.15, 0.2) is 11.8 Å². The summed E-state index contributed by atoms with van der Waals surface area (Å²) in [5.74, 6) is -3.18. The summed E-state index contributed by atoms with van der Waals surface area (Å²) in [6.45, 7) is 2.09. The second kappa shape index (κ2) is 8.98. The molecule has 10 atom stereocenters. The zero-order chi connectivity index (χ0) is 23.1. The Balaban J connectivity index is 1.93. The molecular formula is C19H28O12. The molecule has 5 N–H and O–H groups in total. The van der Waals surface area contributed by atoms with Gasteiger partial charge in [0.15, 0.2) is 6.29 Å². The van der Waals surface area contributed by atoms with Crippen molar-refractivity contribution >= 4 is 11.9 Å². The van der Waals surface area contributed by atoms with Gasteiger partial charge in [-0.3, -0.25) is 4.79 Å².